The molecule has 0 aliphatic heterocycles. The number of guanidine groups is 2. The third kappa shape index (κ3) is 5.48. The number of carbonyl (C=O) groups is 1. The predicted molar refractivity (Wildman–Crippen MR) is 129 cm³/mol. The lowest BCUT2D eigenvalue weighted by atomic mass is 10.1. The van der Waals surface area contributed by atoms with Crippen LogP contribution in [0.3, 0.4) is 0 Å². The van der Waals surface area contributed by atoms with E-state index >= 15 is 0 Å². The normalized spacial score (nSPS) is 11.8. The van der Waals surface area contributed by atoms with E-state index in [9.17, 15) is 4.79 Å². The zero-order valence-electron chi connectivity index (χ0n) is 17.6. The summed E-state index contributed by atoms with van der Waals surface area (Å²) in [4.78, 5) is 15.8. The van der Waals surface area contributed by atoms with Crippen LogP contribution in [0.25, 0.3) is 10.9 Å². The number of aromatic nitrogens is 1. The van der Waals surface area contributed by atoms with Gasteiger partial charge in [0.25, 0.3) is 5.91 Å². The lowest BCUT2D eigenvalue weighted by Crippen LogP contribution is -2.22. The molecule has 1 amide bonds. The van der Waals surface area contributed by atoms with Gasteiger partial charge in [-0.2, -0.15) is 10.2 Å². The van der Waals surface area contributed by atoms with E-state index < -0.39 is 0 Å². The van der Waals surface area contributed by atoms with Crippen LogP contribution < -0.4 is 28.3 Å². The van der Waals surface area contributed by atoms with E-state index in [-0.39, 0.29) is 17.8 Å². The number of fused-ring (bicyclic) bond motifs is 1. The number of hydrogen-bond acceptors (Lipinski definition) is 5. The number of H-pyrrole nitrogens is 1. The van der Waals surface area contributed by atoms with Gasteiger partial charge in [-0.05, 0) is 55.3 Å². The van der Waals surface area contributed by atoms with Crippen molar-refractivity contribution < 1.29 is 4.79 Å². The quantitative estimate of drug-likeness (QED) is 0.194. The SMILES string of the molecule is C/C(=N\N=C(N)N)c1ccc(NC(=O)c2cc3cc(/C(C)=N/N=C(N)N)ccc3[nH]2)cc1. The molecule has 32 heavy (non-hydrogen) atoms. The fraction of sp³-hybridized carbons (Fsp3) is 0.0952. The average molecular weight is 432 g/mol. The Morgan fingerprint density at radius 2 is 1.34 bits per heavy atom. The van der Waals surface area contributed by atoms with Crippen LogP contribution in [0.5, 0.6) is 0 Å². The Morgan fingerprint density at radius 3 is 1.94 bits per heavy atom. The van der Waals surface area contributed by atoms with Gasteiger partial charge in [0.2, 0.25) is 11.9 Å². The Hall–Kier alpha value is -4.67. The molecule has 0 bridgehead atoms. The summed E-state index contributed by atoms with van der Waals surface area (Å²) in [6.45, 7) is 3.57. The van der Waals surface area contributed by atoms with E-state index in [2.05, 4.69) is 30.7 Å². The fourth-order valence-corrected chi connectivity index (χ4v) is 2.85. The standard InChI is InChI=1S/C21H24N10O/c1-11(28-30-20(22)23)13-3-6-16(7-4-13)26-19(32)18-10-15-9-14(5-8-17(15)27-18)12(2)29-31-21(24)25/h3-10,27H,1-2H3,(H,26,32)(H4,22,23,30)(H4,24,25,31)/b28-11+,29-12+. The molecule has 3 rings (SSSR count). The Morgan fingerprint density at radius 1 is 0.781 bits per heavy atom. The number of amides is 1. The summed E-state index contributed by atoms with van der Waals surface area (Å²) < 4.78 is 0. The number of carbonyl (C=O) groups excluding carboxylic acids is 1. The molecule has 0 aliphatic carbocycles. The van der Waals surface area contributed by atoms with E-state index in [0.29, 0.717) is 22.8 Å². The molecule has 0 saturated carbocycles. The second-order valence-electron chi connectivity index (χ2n) is 6.94. The zero-order valence-corrected chi connectivity index (χ0v) is 17.6. The zero-order chi connectivity index (χ0) is 23.3. The number of benzene rings is 2. The summed E-state index contributed by atoms with van der Waals surface area (Å²) in [5, 5.41) is 18.9. The largest absolute Gasteiger partial charge is 0.369 e. The van der Waals surface area contributed by atoms with Gasteiger partial charge >= 0.3 is 0 Å². The van der Waals surface area contributed by atoms with Crippen molar-refractivity contribution in [3.05, 3.63) is 65.4 Å². The van der Waals surface area contributed by atoms with Crippen molar-refractivity contribution in [3.63, 3.8) is 0 Å². The molecule has 11 heteroatoms. The van der Waals surface area contributed by atoms with Crippen molar-refractivity contribution in [2.75, 3.05) is 5.32 Å². The number of aromatic amines is 1. The third-order valence-corrected chi connectivity index (χ3v) is 4.47. The van der Waals surface area contributed by atoms with Crippen LogP contribution in [0.15, 0.2) is 68.9 Å². The first-order valence-corrected chi connectivity index (χ1v) is 9.54. The Kier molecular flexibility index (Phi) is 6.49. The third-order valence-electron chi connectivity index (χ3n) is 4.47. The van der Waals surface area contributed by atoms with Crippen LogP contribution in [0.4, 0.5) is 5.69 Å². The van der Waals surface area contributed by atoms with E-state index in [1.54, 1.807) is 32.0 Å². The first-order valence-electron chi connectivity index (χ1n) is 9.54. The topological polar surface area (TPSA) is 198 Å². The van der Waals surface area contributed by atoms with Crippen LogP contribution in [-0.2, 0) is 0 Å². The predicted octanol–water partition coefficient (Wildman–Crippen LogP) is 1.42. The van der Waals surface area contributed by atoms with Gasteiger partial charge in [-0.1, -0.05) is 18.2 Å². The summed E-state index contributed by atoms with van der Waals surface area (Å²) in [6, 6.07) is 14.6. The number of nitrogens with two attached hydrogens (primary N) is 4. The molecule has 3 aromatic rings. The molecule has 11 nitrogen and oxygen atoms in total. The minimum Gasteiger partial charge on any atom is -0.369 e. The molecule has 164 valence electrons. The number of rotatable bonds is 6. The van der Waals surface area contributed by atoms with Crippen LogP contribution in [0.1, 0.15) is 35.5 Å². The summed E-state index contributed by atoms with van der Waals surface area (Å²) in [5.74, 6) is -0.502. The molecule has 2 aromatic carbocycles. The van der Waals surface area contributed by atoms with Gasteiger partial charge in [0.1, 0.15) is 5.69 Å². The summed E-state index contributed by atoms with van der Waals surface area (Å²) in [5.41, 5.74) is 26.0. The maximum Gasteiger partial charge on any atom is 0.272 e. The molecule has 10 N–H and O–H groups in total. The van der Waals surface area contributed by atoms with Crippen LogP contribution in [0.2, 0.25) is 0 Å². The van der Waals surface area contributed by atoms with Crippen molar-refractivity contribution in [1.29, 1.82) is 0 Å². The monoisotopic (exact) mass is 432 g/mol. The van der Waals surface area contributed by atoms with Gasteiger partial charge in [-0.15, -0.1) is 10.2 Å². The van der Waals surface area contributed by atoms with Gasteiger partial charge in [0, 0.05) is 16.6 Å². The minimum atomic E-state index is -0.271. The molecular weight excluding hydrogens is 408 g/mol. The van der Waals surface area contributed by atoms with Crippen molar-refractivity contribution in [3.8, 4) is 0 Å². The molecule has 0 unspecified atom stereocenters. The highest BCUT2D eigenvalue weighted by molar-refractivity contribution is 6.08. The van der Waals surface area contributed by atoms with Gasteiger partial charge in [-0.25, -0.2) is 0 Å². The summed E-state index contributed by atoms with van der Waals surface area (Å²) in [6.07, 6.45) is 0. The second kappa shape index (κ2) is 9.43. The van der Waals surface area contributed by atoms with E-state index in [1.807, 2.05) is 30.3 Å². The van der Waals surface area contributed by atoms with Crippen molar-refractivity contribution >= 4 is 45.8 Å². The van der Waals surface area contributed by atoms with Crippen LogP contribution in [-0.4, -0.2) is 34.2 Å². The molecule has 0 spiro atoms. The van der Waals surface area contributed by atoms with E-state index in [1.165, 1.54) is 0 Å². The van der Waals surface area contributed by atoms with Gasteiger partial charge in [0.05, 0.1) is 11.4 Å². The maximum atomic E-state index is 12.7. The van der Waals surface area contributed by atoms with E-state index in [0.717, 1.165) is 22.0 Å². The molecule has 0 fully saturated rings. The number of nitrogens with one attached hydrogen (secondary N) is 2. The second-order valence-corrected chi connectivity index (χ2v) is 6.94. The van der Waals surface area contributed by atoms with Gasteiger partial charge < -0.3 is 33.2 Å². The lowest BCUT2D eigenvalue weighted by molar-refractivity contribution is 0.102. The molecule has 0 aliphatic rings. The van der Waals surface area contributed by atoms with E-state index in [4.69, 9.17) is 22.9 Å². The molecule has 0 radical (unpaired) electrons. The van der Waals surface area contributed by atoms with Gasteiger partial charge in [-0.3, -0.25) is 4.79 Å². The Balaban J connectivity index is 1.76. The molecule has 1 aromatic heterocycles. The van der Waals surface area contributed by atoms with Crippen molar-refractivity contribution in [1.82, 2.24) is 4.98 Å². The maximum absolute atomic E-state index is 12.7. The highest BCUT2D eigenvalue weighted by Gasteiger charge is 2.11. The van der Waals surface area contributed by atoms with Gasteiger partial charge in [0.15, 0.2) is 0 Å². The molecule has 0 saturated heterocycles. The summed E-state index contributed by atoms with van der Waals surface area (Å²) in [7, 11) is 0. The highest BCUT2D eigenvalue weighted by Crippen LogP contribution is 2.19. The molecule has 1 heterocycles. The number of nitrogens with zero attached hydrogens (tertiary/aromatic N) is 4. The van der Waals surface area contributed by atoms with Crippen LogP contribution in [0, 0.1) is 0 Å². The highest BCUT2D eigenvalue weighted by atomic mass is 16.1. The molecular formula is C21H24N10O. The first kappa shape index (κ1) is 22.0. The molecule has 0 atom stereocenters. The smallest absolute Gasteiger partial charge is 0.272 e. The average Bonchev–Trinajstić information content (AvgIpc) is 3.20. The summed E-state index contributed by atoms with van der Waals surface area (Å²) >= 11 is 0. The number of hydrogen-bond donors (Lipinski definition) is 6. The number of anilines is 1. The minimum absolute atomic E-state index is 0.115. The van der Waals surface area contributed by atoms with Crippen molar-refractivity contribution in [2.24, 2.45) is 43.3 Å². The Bertz CT molecular complexity index is 1260. The van der Waals surface area contributed by atoms with Crippen LogP contribution >= 0.6 is 0 Å². The van der Waals surface area contributed by atoms with Crippen molar-refractivity contribution in [2.45, 2.75) is 13.8 Å². The Labute approximate surface area is 184 Å². The fourth-order valence-electron chi connectivity index (χ4n) is 2.85. The first-order chi connectivity index (χ1) is 15.2. The lowest BCUT2D eigenvalue weighted by Gasteiger charge is -2.05.